The number of anilines is 1. The van der Waals surface area contributed by atoms with Gasteiger partial charge in [0.2, 0.25) is 5.88 Å². The van der Waals surface area contributed by atoms with Crippen molar-refractivity contribution in [1.29, 1.82) is 0 Å². The maximum Gasteiger partial charge on any atom is 0.218 e. The van der Waals surface area contributed by atoms with Crippen LogP contribution in [0.5, 0.6) is 5.88 Å². The Bertz CT molecular complexity index is 682. The second kappa shape index (κ2) is 5.92. The lowest BCUT2D eigenvalue weighted by Crippen LogP contribution is -2.03. The zero-order valence-electron chi connectivity index (χ0n) is 11.3. The van der Waals surface area contributed by atoms with Gasteiger partial charge in [-0.25, -0.2) is 13.4 Å². The van der Waals surface area contributed by atoms with Crippen LogP contribution in [0.3, 0.4) is 0 Å². The van der Waals surface area contributed by atoms with Crippen molar-refractivity contribution in [3.05, 3.63) is 48.2 Å². The number of hydrogen-bond acceptors (Lipinski definition) is 5. The van der Waals surface area contributed by atoms with Gasteiger partial charge in [-0.2, -0.15) is 0 Å². The minimum absolute atomic E-state index is 0.307. The summed E-state index contributed by atoms with van der Waals surface area (Å²) >= 11 is 0. The molecule has 0 amide bonds. The van der Waals surface area contributed by atoms with Crippen LogP contribution in [-0.2, 0) is 16.4 Å². The molecule has 0 fully saturated rings. The molecular formula is C14H16N2O3S. The topological polar surface area (TPSA) is 68.3 Å². The summed E-state index contributed by atoms with van der Waals surface area (Å²) < 4.78 is 27.9. The van der Waals surface area contributed by atoms with Crippen LogP contribution in [0.15, 0.2) is 47.5 Å². The summed E-state index contributed by atoms with van der Waals surface area (Å²) in [5.74, 6) is 0.577. The number of nitrogens with zero attached hydrogens (tertiary/aromatic N) is 1. The molecular weight excluding hydrogens is 276 g/mol. The van der Waals surface area contributed by atoms with E-state index in [9.17, 15) is 8.42 Å². The lowest BCUT2D eigenvalue weighted by atomic mass is 10.2. The molecule has 0 radical (unpaired) electrons. The van der Waals surface area contributed by atoms with Gasteiger partial charge in [-0.05, 0) is 30.3 Å². The third-order valence-corrected chi connectivity index (χ3v) is 3.94. The van der Waals surface area contributed by atoms with Gasteiger partial charge in [0.15, 0.2) is 9.84 Å². The number of methoxy groups -OCH3 is 1. The Labute approximate surface area is 118 Å². The normalized spacial score (nSPS) is 11.1. The largest absolute Gasteiger partial charge is 0.481 e. The average Bonchev–Trinajstić information content (AvgIpc) is 2.45. The van der Waals surface area contributed by atoms with Gasteiger partial charge in [0, 0.05) is 30.2 Å². The molecule has 1 aromatic heterocycles. The van der Waals surface area contributed by atoms with Gasteiger partial charge in [0.05, 0.1) is 12.0 Å². The SMILES string of the molecule is COc1ncccc1CNc1ccc(S(C)(=O)=O)cc1. The van der Waals surface area contributed by atoms with E-state index in [1.54, 1.807) is 37.6 Å². The Hall–Kier alpha value is -2.08. The number of aromatic nitrogens is 1. The molecule has 2 aromatic rings. The number of nitrogens with one attached hydrogen (secondary N) is 1. The summed E-state index contributed by atoms with van der Waals surface area (Å²) in [7, 11) is -1.58. The Morgan fingerprint density at radius 3 is 2.50 bits per heavy atom. The number of hydrogen-bond donors (Lipinski definition) is 1. The first-order valence-corrected chi connectivity index (χ1v) is 7.92. The summed E-state index contributed by atoms with van der Waals surface area (Å²) in [4.78, 5) is 4.42. The lowest BCUT2D eigenvalue weighted by Gasteiger charge is -2.09. The van der Waals surface area contributed by atoms with Crippen molar-refractivity contribution in [1.82, 2.24) is 4.98 Å². The van der Waals surface area contributed by atoms with Crippen LogP contribution in [0.2, 0.25) is 0 Å². The minimum Gasteiger partial charge on any atom is -0.481 e. The molecule has 0 aliphatic heterocycles. The standard InChI is InChI=1S/C14H16N2O3S/c1-19-14-11(4-3-9-15-14)10-16-12-5-7-13(8-6-12)20(2,17)18/h3-9,16H,10H2,1-2H3. The summed E-state index contributed by atoms with van der Waals surface area (Å²) in [6, 6.07) is 10.4. The Kier molecular flexibility index (Phi) is 4.24. The van der Waals surface area contributed by atoms with Crippen LogP contribution >= 0.6 is 0 Å². The number of pyridine rings is 1. The first kappa shape index (κ1) is 14.3. The van der Waals surface area contributed by atoms with E-state index in [2.05, 4.69) is 10.3 Å². The van der Waals surface area contributed by atoms with Gasteiger partial charge in [-0.15, -0.1) is 0 Å². The Balaban J connectivity index is 2.08. The molecule has 5 nitrogen and oxygen atoms in total. The first-order valence-electron chi connectivity index (χ1n) is 6.02. The fourth-order valence-corrected chi connectivity index (χ4v) is 2.39. The molecule has 2 rings (SSSR count). The van der Waals surface area contributed by atoms with Crippen molar-refractivity contribution < 1.29 is 13.2 Å². The molecule has 0 aliphatic rings. The van der Waals surface area contributed by atoms with Crippen LogP contribution in [0.1, 0.15) is 5.56 Å². The molecule has 0 unspecified atom stereocenters. The van der Waals surface area contributed by atoms with Gasteiger partial charge in [0.1, 0.15) is 0 Å². The fourth-order valence-electron chi connectivity index (χ4n) is 1.76. The molecule has 20 heavy (non-hydrogen) atoms. The number of rotatable bonds is 5. The second-order valence-electron chi connectivity index (χ2n) is 4.32. The number of ether oxygens (including phenoxy) is 1. The highest BCUT2D eigenvalue weighted by Crippen LogP contribution is 2.18. The molecule has 1 N–H and O–H groups in total. The summed E-state index contributed by atoms with van der Waals surface area (Å²) in [6.45, 7) is 0.551. The zero-order valence-corrected chi connectivity index (χ0v) is 12.1. The van der Waals surface area contributed by atoms with Crippen LogP contribution in [0.4, 0.5) is 5.69 Å². The second-order valence-corrected chi connectivity index (χ2v) is 6.34. The molecule has 0 aliphatic carbocycles. The van der Waals surface area contributed by atoms with E-state index >= 15 is 0 Å². The van der Waals surface area contributed by atoms with Gasteiger partial charge >= 0.3 is 0 Å². The van der Waals surface area contributed by atoms with E-state index in [-0.39, 0.29) is 0 Å². The van der Waals surface area contributed by atoms with E-state index in [0.29, 0.717) is 17.3 Å². The van der Waals surface area contributed by atoms with Crippen molar-refractivity contribution in [3.63, 3.8) is 0 Å². The highest BCUT2D eigenvalue weighted by Gasteiger charge is 2.06. The quantitative estimate of drug-likeness (QED) is 0.914. The number of benzene rings is 1. The third-order valence-electron chi connectivity index (χ3n) is 2.81. The highest BCUT2D eigenvalue weighted by atomic mass is 32.2. The van der Waals surface area contributed by atoms with Crippen LogP contribution in [-0.4, -0.2) is 26.8 Å². The van der Waals surface area contributed by atoms with E-state index in [1.165, 1.54) is 6.26 Å². The molecule has 106 valence electrons. The summed E-state index contributed by atoms with van der Waals surface area (Å²) in [5, 5.41) is 3.20. The van der Waals surface area contributed by atoms with E-state index < -0.39 is 9.84 Å². The zero-order chi connectivity index (χ0) is 14.6. The average molecular weight is 292 g/mol. The van der Waals surface area contributed by atoms with Gasteiger partial charge in [0.25, 0.3) is 0 Å². The fraction of sp³-hybridized carbons (Fsp3) is 0.214. The molecule has 6 heteroatoms. The molecule has 0 bridgehead atoms. The van der Waals surface area contributed by atoms with Gasteiger partial charge in [-0.3, -0.25) is 0 Å². The minimum atomic E-state index is -3.16. The van der Waals surface area contributed by atoms with Gasteiger partial charge in [-0.1, -0.05) is 6.07 Å². The van der Waals surface area contributed by atoms with Crippen molar-refractivity contribution in [3.8, 4) is 5.88 Å². The number of sulfone groups is 1. The molecule has 1 aromatic carbocycles. The van der Waals surface area contributed by atoms with Gasteiger partial charge < -0.3 is 10.1 Å². The van der Waals surface area contributed by atoms with Crippen molar-refractivity contribution in [2.45, 2.75) is 11.4 Å². The smallest absolute Gasteiger partial charge is 0.218 e. The maximum absolute atomic E-state index is 11.4. The summed E-state index contributed by atoms with van der Waals surface area (Å²) in [6.07, 6.45) is 2.86. The van der Waals surface area contributed by atoms with E-state index in [1.807, 2.05) is 12.1 Å². The maximum atomic E-state index is 11.4. The highest BCUT2D eigenvalue weighted by molar-refractivity contribution is 7.90. The van der Waals surface area contributed by atoms with Crippen molar-refractivity contribution >= 4 is 15.5 Å². The van der Waals surface area contributed by atoms with Crippen LogP contribution in [0.25, 0.3) is 0 Å². The molecule has 0 saturated heterocycles. The van der Waals surface area contributed by atoms with E-state index in [4.69, 9.17) is 4.74 Å². The summed E-state index contributed by atoms with van der Waals surface area (Å²) in [5.41, 5.74) is 1.77. The molecule has 0 spiro atoms. The van der Waals surface area contributed by atoms with Crippen LogP contribution in [0, 0.1) is 0 Å². The lowest BCUT2D eigenvalue weighted by molar-refractivity contribution is 0.393. The van der Waals surface area contributed by atoms with E-state index in [0.717, 1.165) is 11.3 Å². The van der Waals surface area contributed by atoms with Crippen molar-refractivity contribution in [2.75, 3.05) is 18.7 Å². The molecule has 0 saturated carbocycles. The molecule has 1 heterocycles. The first-order chi connectivity index (χ1) is 9.50. The molecule has 0 atom stereocenters. The predicted octanol–water partition coefficient (Wildman–Crippen LogP) is 2.11. The Morgan fingerprint density at radius 2 is 1.90 bits per heavy atom. The predicted molar refractivity (Wildman–Crippen MR) is 77.7 cm³/mol. The van der Waals surface area contributed by atoms with Crippen LogP contribution < -0.4 is 10.1 Å². The Morgan fingerprint density at radius 1 is 1.20 bits per heavy atom. The third kappa shape index (κ3) is 3.48. The van der Waals surface area contributed by atoms with Crippen molar-refractivity contribution in [2.24, 2.45) is 0 Å². The monoisotopic (exact) mass is 292 g/mol.